The van der Waals surface area contributed by atoms with Gasteiger partial charge in [0.1, 0.15) is 28.6 Å². The molecule has 0 spiro atoms. The fraction of sp³-hybridized carbons (Fsp3) is 0.543. The second-order valence-electron chi connectivity index (χ2n) is 15.5. The Hall–Kier alpha value is -4.11. The summed E-state index contributed by atoms with van der Waals surface area (Å²) in [6.07, 6.45) is 17.8. The lowest BCUT2D eigenvalue weighted by Gasteiger charge is -2.29. The van der Waals surface area contributed by atoms with E-state index in [-0.39, 0.29) is 22.8 Å². The summed E-state index contributed by atoms with van der Waals surface area (Å²) in [5, 5.41) is 0. The zero-order valence-electron chi connectivity index (χ0n) is 34.4. The third-order valence-corrected chi connectivity index (χ3v) is 11.9. The number of carbonyl (C=O) groups excluding carboxylic acids is 3. The maximum Gasteiger partial charge on any atom is 0.343 e. The topological polar surface area (TPSA) is 97.4 Å². The molecule has 0 aliphatic carbocycles. The lowest BCUT2D eigenvalue weighted by atomic mass is 10.1. The molecule has 8 nitrogen and oxygen atoms in total. The molecule has 0 saturated heterocycles. The third-order valence-electron chi connectivity index (χ3n) is 9.58. The van der Waals surface area contributed by atoms with Crippen LogP contribution in [0.5, 0.6) is 23.0 Å². The van der Waals surface area contributed by atoms with Gasteiger partial charge in [0.05, 0.1) is 38.1 Å². The van der Waals surface area contributed by atoms with Crippen LogP contribution in [-0.2, 0) is 4.74 Å². The first-order valence-electron chi connectivity index (χ1n) is 20.8. The Balaban J connectivity index is 1.77. The monoisotopic (exact) mass is 774 g/mol. The van der Waals surface area contributed by atoms with E-state index in [1.54, 1.807) is 48.5 Å². The highest BCUT2D eigenvalue weighted by atomic mass is 28.3. The van der Waals surface area contributed by atoms with Crippen molar-refractivity contribution in [1.82, 2.24) is 0 Å². The standard InChI is InChI=1S/C46H66O8Si/c1-7-10-13-16-17-18-19-22-43(55(4,5)6)54-46(49)41-35-40(52-44(47)36-23-27-38(28-24-36)50-33-20-14-11-8-2)31-32-42(41)53-45(48)37-25-29-39(30-26-37)51-34-21-15-12-9-3/h23-32,35,43H,7-22,33-34H2,1-6H3. The van der Waals surface area contributed by atoms with E-state index in [0.717, 1.165) is 57.8 Å². The van der Waals surface area contributed by atoms with Crippen molar-refractivity contribution in [3.63, 3.8) is 0 Å². The molecule has 0 aliphatic heterocycles. The predicted molar refractivity (Wildman–Crippen MR) is 224 cm³/mol. The molecule has 0 aliphatic rings. The van der Waals surface area contributed by atoms with E-state index in [1.165, 1.54) is 63.1 Å². The minimum Gasteiger partial charge on any atom is -0.494 e. The Morgan fingerprint density at radius 1 is 0.509 bits per heavy atom. The smallest absolute Gasteiger partial charge is 0.343 e. The van der Waals surface area contributed by atoms with Crippen LogP contribution >= 0.6 is 0 Å². The first kappa shape index (κ1) is 45.3. The fourth-order valence-corrected chi connectivity index (χ4v) is 7.64. The van der Waals surface area contributed by atoms with Gasteiger partial charge in [-0.3, -0.25) is 0 Å². The minimum atomic E-state index is -1.95. The SMILES string of the molecule is CCCCCCCCCC(OC(=O)c1cc(OC(=O)c2ccc(OCCCCCC)cc2)ccc1OC(=O)c1ccc(OCCCCCC)cc1)[Si](C)(C)C. The van der Waals surface area contributed by atoms with E-state index in [1.807, 2.05) is 0 Å². The summed E-state index contributed by atoms with van der Waals surface area (Å²) in [4.78, 5) is 40.5. The maximum absolute atomic E-state index is 14.0. The highest BCUT2D eigenvalue weighted by Crippen LogP contribution is 2.30. The zero-order valence-corrected chi connectivity index (χ0v) is 35.4. The van der Waals surface area contributed by atoms with Crippen molar-refractivity contribution in [3.8, 4) is 23.0 Å². The zero-order chi connectivity index (χ0) is 39.9. The van der Waals surface area contributed by atoms with Gasteiger partial charge in [-0.15, -0.1) is 0 Å². The van der Waals surface area contributed by atoms with Crippen molar-refractivity contribution in [2.75, 3.05) is 13.2 Å². The predicted octanol–water partition coefficient (Wildman–Crippen LogP) is 12.6. The Kier molecular flexibility index (Phi) is 20.7. The van der Waals surface area contributed by atoms with Crippen LogP contribution in [0.4, 0.5) is 0 Å². The van der Waals surface area contributed by atoms with Crippen molar-refractivity contribution in [3.05, 3.63) is 83.4 Å². The van der Waals surface area contributed by atoms with Gasteiger partial charge < -0.3 is 23.7 Å². The van der Waals surface area contributed by atoms with Crippen molar-refractivity contribution >= 4 is 26.0 Å². The normalized spacial score (nSPS) is 11.8. The summed E-state index contributed by atoms with van der Waals surface area (Å²) in [7, 11) is -1.95. The van der Waals surface area contributed by atoms with Crippen LogP contribution in [0.25, 0.3) is 0 Å². The van der Waals surface area contributed by atoms with E-state index in [9.17, 15) is 14.4 Å². The highest BCUT2D eigenvalue weighted by Gasteiger charge is 2.32. The molecule has 0 fully saturated rings. The van der Waals surface area contributed by atoms with Crippen LogP contribution < -0.4 is 18.9 Å². The van der Waals surface area contributed by atoms with Crippen LogP contribution in [-0.4, -0.2) is 44.9 Å². The molecule has 0 radical (unpaired) electrons. The van der Waals surface area contributed by atoms with Crippen molar-refractivity contribution in [2.45, 2.75) is 149 Å². The summed E-state index contributed by atoms with van der Waals surface area (Å²) in [5.74, 6) is -0.338. The van der Waals surface area contributed by atoms with Gasteiger partial charge in [-0.1, -0.05) is 124 Å². The van der Waals surface area contributed by atoms with Gasteiger partial charge in [-0.05, 0) is 86.0 Å². The fourth-order valence-electron chi connectivity index (χ4n) is 6.11. The molecule has 0 N–H and O–H groups in total. The molecule has 9 heteroatoms. The lowest BCUT2D eigenvalue weighted by molar-refractivity contribution is 0.0407. The first-order chi connectivity index (χ1) is 26.5. The summed E-state index contributed by atoms with van der Waals surface area (Å²) >= 11 is 0. The Morgan fingerprint density at radius 2 is 0.945 bits per heavy atom. The van der Waals surface area contributed by atoms with Crippen molar-refractivity contribution < 1.29 is 38.1 Å². The molecule has 3 aromatic rings. The molecule has 0 bridgehead atoms. The van der Waals surface area contributed by atoms with E-state index in [0.29, 0.717) is 35.8 Å². The molecule has 3 aromatic carbocycles. The van der Waals surface area contributed by atoms with Crippen LogP contribution in [0.2, 0.25) is 19.6 Å². The van der Waals surface area contributed by atoms with Crippen LogP contribution in [0, 0.1) is 0 Å². The number of rotatable bonds is 27. The van der Waals surface area contributed by atoms with E-state index >= 15 is 0 Å². The van der Waals surface area contributed by atoms with Crippen molar-refractivity contribution in [1.29, 1.82) is 0 Å². The summed E-state index contributed by atoms with van der Waals surface area (Å²) in [5.41, 5.74) is 0.410. The molecule has 0 amide bonds. The second kappa shape index (κ2) is 25.1. The molecule has 1 atom stereocenters. The molecule has 55 heavy (non-hydrogen) atoms. The molecule has 1 unspecified atom stereocenters. The Bertz CT molecular complexity index is 1560. The molecule has 0 saturated carbocycles. The number of benzene rings is 3. The summed E-state index contributed by atoms with van der Waals surface area (Å²) in [6, 6.07) is 18.0. The average molecular weight is 775 g/mol. The van der Waals surface area contributed by atoms with E-state index in [4.69, 9.17) is 23.7 Å². The number of ether oxygens (including phenoxy) is 5. The Morgan fingerprint density at radius 3 is 1.44 bits per heavy atom. The highest BCUT2D eigenvalue weighted by molar-refractivity contribution is 6.77. The summed E-state index contributed by atoms with van der Waals surface area (Å²) in [6.45, 7) is 14.4. The van der Waals surface area contributed by atoms with Gasteiger partial charge in [-0.2, -0.15) is 0 Å². The number of unbranched alkanes of at least 4 members (excludes halogenated alkanes) is 12. The van der Waals surface area contributed by atoms with Crippen LogP contribution in [0.1, 0.15) is 155 Å². The molecule has 0 aromatic heterocycles. The Labute approximate surface area is 331 Å². The van der Waals surface area contributed by atoms with Crippen LogP contribution in [0.3, 0.4) is 0 Å². The van der Waals surface area contributed by atoms with E-state index in [2.05, 4.69) is 40.4 Å². The molecule has 302 valence electrons. The van der Waals surface area contributed by atoms with Gasteiger partial charge in [0.15, 0.2) is 0 Å². The third kappa shape index (κ3) is 17.1. The number of carbonyl (C=O) groups is 3. The number of hydrogen-bond acceptors (Lipinski definition) is 8. The summed E-state index contributed by atoms with van der Waals surface area (Å²) < 4.78 is 29.4. The van der Waals surface area contributed by atoms with Crippen molar-refractivity contribution in [2.24, 2.45) is 0 Å². The lowest BCUT2D eigenvalue weighted by Crippen LogP contribution is -2.41. The number of esters is 3. The van der Waals surface area contributed by atoms with Gasteiger partial charge in [0.2, 0.25) is 0 Å². The maximum atomic E-state index is 14.0. The molecular weight excluding hydrogens is 709 g/mol. The van der Waals surface area contributed by atoms with Gasteiger partial charge in [0, 0.05) is 0 Å². The number of hydrogen-bond donors (Lipinski definition) is 0. The quantitative estimate of drug-likeness (QED) is 0.0327. The second-order valence-corrected chi connectivity index (χ2v) is 20.8. The molecular formula is C46H66O8Si. The first-order valence-corrected chi connectivity index (χ1v) is 24.4. The largest absolute Gasteiger partial charge is 0.494 e. The van der Waals surface area contributed by atoms with Gasteiger partial charge in [0.25, 0.3) is 0 Å². The van der Waals surface area contributed by atoms with Gasteiger partial charge in [-0.25, -0.2) is 14.4 Å². The van der Waals surface area contributed by atoms with E-state index < -0.39 is 26.0 Å². The van der Waals surface area contributed by atoms with Gasteiger partial charge >= 0.3 is 17.9 Å². The molecule has 0 heterocycles. The minimum absolute atomic E-state index is 0.0142. The molecule has 3 rings (SSSR count). The van der Waals surface area contributed by atoms with Crippen LogP contribution in [0.15, 0.2) is 66.7 Å². The average Bonchev–Trinajstić information content (AvgIpc) is 3.17.